The van der Waals surface area contributed by atoms with E-state index in [2.05, 4.69) is 6.08 Å². The van der Waals surface area contributed by atoms with E-state index in [9.17, 15) is 4.79 Å². The van der Waals surface area contributed by atoms with Crippen molar-refractivity contribution in [2.75, 3.05) is 6.61 Å². The van der Waals surface area contributed by atoms with E-state index in [1.807, 2.05) is 6.92 Å². The second kappa shape index (κ2) is 5.84. The van der Waals surface area contributed by atoms with Gasteiger partial charge < -0.3 is 4.74 Å². The topological polar surface area (TPSA) is 26.3 Å². The molecule has 0 N–H and O–H groups in total. The van der Waals surface area contributed by atoms with Gasteiger partial charge in [-0.15, -0.1) is 0 Å². The Bertz CT molecular complexity index is 212. The van der Waals surface area contributed by atoms with E-state index in [0.717, 1.165) is 5.92 Å². The number of ether oxygens (including phenoxy) is 1. The number of hydrogen-bond acceptors (Lipinski definition) is 2. The second-order valence-electron chi connectivity index (χ2n) is 4.19. The summed E-state index contributed by atoms with van der Waals surface area (Å²) in [5, 5.41) is 0. The molecule has 0 bridgehead atoms. The first-order valence-electron chi connectivity index (χ1n) is 5.49. The van der Waals surface area contributed by atoms with Crippen molar-refractivity contribution in [3.8, 4) is 0 Å². The third-order valence-corrected chi connectivity index (χ3v) is 2.67. The Balaban J connectivity index is 2.29. The lowest BCUT2D eigenvalue weighted by molar-refractivity contribution is -0.139. The molecule has 1 fully saturated rings. The van der Waals surface area contributed by atoms with Crippen LogP contribution in [0.4, 0.5) is 0 Å². The molecule has 0 amide bonds. The van der Waals surface area contributed by atoms with E-state index >= 15 is 0 Å². The highest BCUT2D eigenvalue weighted by molar-refractivity contribution is 5.66. The average molecular weight is 196 g/mol. The SMILES string of the molecule is CC(=O)OC/C(C)=C/C1CCCCC1. The number of hydrogen-bond donors (Lipinski definition) is 0. The average Bonchev–Trinajstić information content (AvgIpc) is 2.16. The Morgan fingerprint density at radius 1 is 1.29 bits per heavy atom. The van der Waals surface area contributed by atoms with Crippen molar-refractivity contribution < 1.29 is 9.53 Å². The molecule has 0 aromatic carbocycles. The van der Waals surface area contributed by atoms with Crippen LogP contribution in [0, 0.1) is 5.92 Å². The first-order chi connectivity index (χ1) is 6.68. The van der Waals surface area contributed by atoms with Gasteiger partial charge in [-0.1, -0.05) is 25.3 Å². The fourth-order valence-electron chi connectivity index (χ4n) is 1.97. The molecule has 14 heavy (non-hydrogen) atoms. The maximum Gasteiger partial charge on any atom is 0.302 e. The predicted octanol–water partition coefficient (Wildman–Crippen LogP) is 3.08. The molecule has 0 atom stereocenters. The van der Waals surface area contributed by atoms with Gasteiger partial charge >= 0.3 is 5.97 Å². The minimum absolute atomic E-state index is 0.193. The van der Waals surface area contributed by atoms with Crippen LogP contribution < -0.4 is 0 Å². The molecule has 1 aliphatic carbocycles. The quantitative estimate of drug-likeness (QED) is 0.512. The van der Waals surface area contributed by atoms with E-state index in [1.165, 1.54) is 44.6 Å². The van der Waals surface area contributed by atoms with Crippen molar-refractivity contribution in [1.82, 2.24) is 0 Å². The highest BCUT2D eigenvalue weighted by Crippen LogP contribution is 2.25. The highest BCUT2D eigenvalue weighted by atomic mass is 16.5. The van der Waals surface area contributed by atoms with Crippen LogP contribution >= 0.6 is 0 Å². The molecule has 0 unspecified atom stereocenters. The van der Waals surface area contributed by atoms with Crippen LogP contribution in [-0.2, 0) is 9.53 Å². The number of rotatable bonds is 3. The smallest absolute Gasteiger partial charge is 0.302 e. The molecule has 1 saturated carbocycles. The van der Waals surface area contributed by atoms with E-state index in [1.54, 1.807) is 0 Å². The van der Waals surface area contributed by atoms with E-state index in [4.69, 9.17) is 4.74 Å². The van der Waals surface area contributed by atoms with E-state index in [-0.39, 0.29) is 5.97 Å². The summed E-state index contributed by atoms with van der Waals surface area (Å²) in [6.45, 7) is 3.96. The van der Waals surface area contributed by atoms with Gasteiger partial charge in [-0.25, -0.2) is 0 Å². The Morgan fingerprint density at radius 3 is 2.50 bits per heavy atom. The molecule has 0 aliphatic heterocycles. The van der Waals surface area contributed by atoms with Crippen LogP contribution in [0.25, 0.3) is 0 Å². The van der Waals surface area contributed by atoms with Crippen molar-refractivity contribution in [2.45, 2.75) is 46.0 Å². The van der Waals surface area contributed by atoms with Gasteiger partial charge in [-0.3, -0.25) is 4.79 Å². The molecular weight excluding hydrogens is 176 g/mol. The molecule has 2 heteroatoms. The Hall–Kier alpha value is -0.790. The molecule has 1 rings (SSSR count). The van der Waals surface area contributed by atoms with Crippen LogP contribution in [-0.4, -0.2) is 12.6 Å². The maximum atomic E-state index is 10.6. The minimum atomic E-state index is -0.193. The van der Waals surface area contributed by atoms with Crippen molar-refractivity contribution >= 4 is 5.97 Å². The number of allylic oxidation sites excluding steroid dienone is 1. The van der Waals surface area contributed by atoms with Crippen LogP contribution in [0.3, 0.4) is 0 Å². The first-order valence-corrected chi connectivity index (χ1v) is 5.49. The zero-order chi connectivity index (χ0) is 10.4. The Morgan fingerprint density at radius 2 is 1.93 bits per heavy atom. The van der Waals surface area contributed by atoms with Crippen LogP contribution in [0.1, 0.15) is 46.0 Å². The van der Waals surface area contributed by atoms with Gasteiger partial charge in [0.05, 0.1) is 0 Å². The Labute approximate surface area is 86.3 Å². The lowest BCUT2D eigenvalue weighted by Crippen LogP contribution is -2.06. The lowest BCUT2D eigenvalue weighted by atomic mass is 9.88. The van der Waals surface area contributed by atoms with Crippen molar-refractivity contribution in [1.29, 1.82) is 0 Å². The molecule has 0 aromatic heterocycles. The minimum Gasteiger partial charge on any atom is -0.461 e. The van der Waals surface area contributed by atoms with Crippen molar-refractivity contribution in [3.05, 3.63) is 11.6 Å². The van der Waals surface area contributed by atoms with Gasteiger partial charge in [-0.05, 0) is 31.3 Å². The normalized spacial score (nSPS) is 19.4. The van der Waals surface area contributed by atoms with E-state index < -0.39 is 0 Å². The zero-order valence-corrected chi connectivity index (χ0v) is 9.21. The monoisotopic (exact) mass is 196 g/mol. The molecular formula is C12H20O2. The van der Waals surface area contributed by atoms with Gasteiger partial charge in [0.15, 0.2) is 0 Å². The fraction of sp³-hybridized carbons (Fsp3) is 0.750. The number of esters is 1. The summed E-state index contributed by atoms with van der Waals surface area (Å²) in [5.41, 5.74) is 1.19. The first kappa shape index (κ1) is 11.3. The predicted molar refractivity (Wildman–Crippen MR) is 57.0 cm³/mol. The van der Waals surface area contributed by atoms with Crippen LogP contribution in [0.5, 0.6) is 0 Å². The van der Waals surface area contributed by atoms with Crippen LogP contribution in [0.2, 0.25) is 0 Å². The molecule has 80 valence electrons. The Kier molecular flexibility index (Phi) is 4.71. The largest absolute Gasteiger partial charge is 0.461 e. The fourth-order valence-corrected chi connectivity index (χ4v) is 1.97. The van der Waals surface area contributed by atoms with Gasteiger partial charge in [0.25, 0.3) is 0 Å². The standard InChI is InChI=1S/C12H20O2/c1-10(9-14-11(2)13)8-12-6-4-3-5-7-12/h8,12H,3-7,9H2,1-2H3/b10-8+. The summed E-state index contributed by atoms with van der Waals surface area (Å²) in [7, 11) is 0. The lowest BCUT2D eigenvalue weighted by Gasteiger charge is -2.18. The number of carbonyl (C=O) groups excluding carboxylic acids is 1. The van der Waals surface area contributed by atoms with Gasteiger partial charge in [-0.2, -0.15) is 0 Å². The summed E-state index contributed by atoms with van der Waals surface area (Å²) in [6, 6.07) is 0. The van der Waals surface area contributed by atoms with Gasteiger partial charge in [0.2, 0.25) is 0 Å². The van der Waals surface area contributed by atoms with Gasteiger partial charge in [0.1, 0.15) is 6.61 Å². The van der Waals surface area contributed by atoms with Gasteiger partial charge in [0, 0.05) is 6.92 Å². The third-order valence-electron chi connectivity index (χ3n) is 2.67. The van der Waals surface area contributed by atoms with E-state index in [0.29, 0.717) is 6.61 Å². The summed E-state index contributed by atoms with van der Waals surface area (Å²) in [4.78, 5) is 10.6. The number of carbonyl (C=O) groups is 1. The zero-order valence-electron chi connectivity index (χ0n) is 9.21. The summed E-state index contributed by atoms with van der Waals surface area (Å²) in [5.74, 6) is 0.528. The summed E-state index contributed by atoms with van der Waals surface area (Å²) < 4.78 is 4.94. The third kappa shape index (κ3) is 4.45. The summed E-state index contributed by atoms with van der Waals surface area (Å²) in [6.07, 6.45) is 8.97. The summed E-state index contributed by atoms with van der Waals surface area (Å²) >= 11 is 0. The van der Waals surface area contributed by atoms with Crippen molar-refractivity contribution in [2.24, 2.45) is 5.92 Å². The van der Waals surface area contributed by atoms with Crippen molar-refractivity contribution in [3.63, 3.8) is 0 Å². The highest BCUT2D eigenvalue weighted by Gasteiger charge is 2.10. The maximum absolute atomic E-state index is 10.6. The molecule has 0 heterocycles. The molecule has 0 saturated heterocycles. The molecule has 2 nitrogen and oxygen atoms in total. The molecule has 1 aliphatic rings. The molecule has 0 aromatic rings. The van der Waals surface area contributed by atoms with Crippen LogP contribution in [0.15, 0.2) is 11.6 Å². The second-order valence-corrected chi connectivity index (χ2v) is 4.19. The molecule has 0 radical (unpaired) electrons. The molecule has 0 spiro atoms.